The molecule has 1 N–H and O–H groups in total. The maximum absolute atomic E-state index is 12.7. The van der Waals surface area contributed by atoms with E-state index in [9.17, 15) is 4.79 Å². The first-order valence-corrected chi connectivity index (χ1v) is 8.68. The van der Waals surface area contributed by atoms with E-state index in [0.29, 0.717) is 6.61 Å². The predicted molar refractivity (Wildman–Crippen MR) is 97.8 cm³/mol. The SMILES string of the molecule is CCCCc1ccc(-c2c3c4c(cccc4[nH]c2=O)OCC3)cc1. The van der Waals surface area contributed by atoms with Gasteiger partial charge in [-0.25, -0.2) is 0 Å². The summed E-state index contributed by atoms with van der Waals surface area (Å²) in [7, 11) is 0. The van der Waals surface area contributed by atoms with Crippen molar-refractivity contribution >= 4 is 10.9 Å². The second kappa shape index (κ2) is 6.16. The number of unbranched alkanes of at least 4 members (excludes halogenated alkanes) is 1. The lowest BCUT2D eigenvalue weighted by atomic mass is 9.93. The van der Waals surface area contributed by atoms with Gasteiger partial charge in [0.2, 0.25) is 0 Å². The van der Waals surface area contributed by atoms with Gasteiger partial charge in [-0.3, -0.25) is 4.79 Å². The van der Waals surface area contributed by atoms with E-state index in [4.69, 9.17) is 4.74 Å². The minimum atomic E-state index is -0.0159. The molecule has 1 aliphatic rings. The van der Waals surface area contributed by atoms with Crippen molar-refractivity contribution in [1.82, 2.24) is 4.98 Å². The first-order valence-electron chi connectivity index (χ1n) is 8.68. The molecule has 1 aliphatic heterocycles. The van der Waals surface area contributed by atoms with Crippen LogP contribution in [0.4, 0.5) is 0 Å². The smallest absolute Gasteiger partial charge is 0.256 e. The average molecular weight is 319 g/mol. The van der Waals surface area contributed by atoms with E-state index < -0.39 is 0 Å². The fraction of sp³-hybridized carbons (Fsp3) is 0.286. The molecular weight excluding hydrogens is 298 g/mol. The molecule has 2 heterocycles. The largest absolute Gasteiger partial charge is 0.493 e. The summed E-state index contributed by atoms with van der Waals surface area (Å²) >= 11 is 0. The first-order chi connectivity index (χ1) is 11.8. The average Bonchev–Trinajstić information content (AvgIpc) is 2.61. The Hall–Kier alpha value is -2.55. The summed E-state index contributed by atoms with van der Waals surface area (Å²) in [6.45, 7) is 2.82. The van der Waals surface area contributed by atoms with Crippen molar-refractivity contribution in [2.45, 2.75) is 32.6 Å². The van der Waals surface area contributed by atoms with Crippen LogP contribution in [0.2, 0.25) is 0 Å². The Labute approximate surface area is 141 Å². The summed E-state index contributed by atoms with van der Waals surface area (Å²) in [4.78, 5) is 15.7. The number of pyridine rings is 1. The standard InChI is InChI=1S/C21H21NO2/c1-2-3-5-14-8-10-15(11-9-14)19-16-12-13-24-18-7-4-6-17(20(16)18)22-21(19)23/h4,6-11H,2-3,5,12-13H2,1H3,(H,22,23). The lowest BCUT2D eigenvalue weighted by Crippen LogP contribution is -2.18. The maximum atomic E-state index is 12.7. The molecule has 122 valence electrons. The highest BCUT2D eigenvalue weighted by Gasteiger charge is 2.20. The number of nitrogens with one attached hydrogen (secondary N) is 1. The van der Waals surface area contributed by atoms with Gasteiger partial charge >= 0.3 is 0 Å². The van der Waals surface area contributed by atoms with Crippen molar-refractivity contribution < 1.29 is 4.74 Å². The number of benzene rings is 2. The summed E-state index contributed by atoms with van der Waals surface area (Å²) in [6, 6.07) is 14.3. The van der Waals surface area contributed by atoms with Crippen molar-refractivity contribution in [2.24, 2.45) is 0 Å². The normalized spacial score (nSPS) is 13.0. The van der Waals surface area contributed by atoms with Gasteiger partial charge in [-0.15, -0.1) is 0 Å². The van der Waals surface area contributed by atoms with E-state index in [2.05, 4.69) is 36.2 Å². The van der Waals surface area contributed by atoms with Crippen LogP contribution in [0, 0.1) is 0 Å². The number of hydrogen-bond donors (Lipinski definition) is 1. The highest BCUT2D eigenvalue weighted by atomic mass is 16.5. The topological polar surface area (TPSA) is 42.1 Å². The summed E-state index contributed by atoms with van der Waals surface area (Å²) in [5, 5.41) is 1.05. The quantitative estimate of drug-likeness (QED) is 0.771. The predicted octanol–water partition coefficient (Wildman–Crippen LogP) is 4.47. The monoisotopic (exact) mass is 319 g/mol. The molecular formula is C21H21NO2. The molecule has 0 radical (unpaired) electrons. The Bertz CT molecular complexity index is 938. The van der Waals surface area contributed by atoms with Crippen LogP contribution in [-0.2, 0) is 12.8 Å². The van der Waals surface area contributed by atoms with Gasteiger partial charge in [0.05, 0.1) is 17.7 Å². The number of H-pyrrole nitrogens is 1. The van der Waals surface area contributed by atoms with Crippen LogP contribution >= 0.6 is 0 Å². The molecule has 0 bridgehead atoms. The Morgan fingerprint density at radius 3 is 2.75 bits per heavy atom. The van der Waals surface area contributed by atoms with Crippen LogP contribution < -0.4 is 10.3 Å². The van der Waals surface area contributed by atoms with Crippen molar-refractivity contribution in [1.29, 1.82) is 0 Å². The van der Waals surface area contributed by atoms with Gasteiger partial charge in [-0.2, -0.15) is 0 Å². The number of hydrogen-bond acceptors (Lipinski definition) is 2. The summed E-state index contributed by atoms with van der Waals surface area (Å²) in [5.74, 6) is 0.866. The van der Waals surface area contributed by atoms with Crippen LogP contribution in [0.1, 0.15) is 30.9 Å². The Morgan fingerprint density at radius 2 is 1.96 bits per heavy atom. The number of aromatic nitrogens is 1. The lowest BCUT2D eigenvalue weighted by molar-refractivity contribution is 0.318. The van der Waals surface area contributed by atoms with Crippen molar-refractivity contribution in [3.05, 3.63) is 63.9 Å². The third-order valence-corrected chi connectivity index (χ3v) is 4.78. The molecule has 0 fully saturated rings. The number of aryl methyl sites for hydroxylation is 1. The molecule has 1 aromatic heterocycles. The molecule has 0 spiro atoms. The van der Waals surface area contributed by atoms with Crippen molar-refractivity contribution in [2.75, 3.05) is 6.61 Å². The molecule has 2 aromatic carbocycles. The number of aromatic amines is 1. The second-order valence-corrected chi connectivity index (χ2v) is 6.39. The first kappa shape index (κ1) is 15.0. The number of ether oxygens (including phenoxy) is 1. The molecule has 24 heavy (non-hydrogen) atoms. The highest BCUT2D eigenvalue weighted by Crippen LogP contribution is 2.35. The molecule has 3 aromatic rings. The van der Waals surface area contributed by atoms with Gasteiger partial charge in [-0.1, -0.05) is 43.7 Å². The minimum Gasteiger partial charge on any atom is -0.493 e. The van der Waals surface area contributed by atoms with E-state index in [-0.39, 0.29) is 5.56 Å². The summed E-state index contributed by atoms with van der Waals surface area (Å²) in [6.07, 6.45) is 4.25. The third-order valence-electron chi connectivity index (χ3n) is 4.78. The van der Waals surface area contributed by atoms with Crippen molar-refractivity contribution in [3.63, 3.8) is 0 Å². The highest BCUT2D eigenvalue weighted by molar-refractivity contribution is 5.93. The second-order valence-electron chi connectivity index (χ2n) is 6.39. The molecule has 0 amide bonds. The fourth-order valence-electron chi connectivity index (χ4n) is 3.55. The minimum absolute atomic E-state index is 0.0159. The molecule has 0 saturated heterocycles. The van der Waals surface area contributed by atoms with Crippen LogP contribution in [0.5, 0.6) is 5.75 Å². The Morgan fingerprint density at radius 1 is 1.12 bits per heavy atom. The fourth-order valence-corrected chi connectivity index (χ4v) is 3.55. The summed E-state index contributed by atoms with van der Waals surface area (Å²) < 4.78 is 5.77. The zero-order valence-electron chi connectivity index (χ0n) is 13.9. The maximum Gasteiger partial charge on any atom is 0.256 e. The van der Waals surface area contributed by atoms with E-state index in [1.807, 2.05) is 18.2 Å². The number of rotatable bonds is 4. The molecule has 0 aliphatic carbocycles. The summed E-state index contributed by atoms with van der Waals surface area (Å²) in [5.41, 5.74) is 5.06. The molecule has 3 heteroatoms. The van der Waals surface area contributed by atoms with Gasteiger partial charge < -0.3 is 9.72 Å². The third kappa shape index (κ3) is 2.50. The zero-order chi connectivity index (χ0) is 16.5. The van der Waals surface area contributed by atoms with Crippen LogP contribution in [-0.4, -0.2) is 11.6 Å². The van der Waals surface area contributed by atoms with Gasteiger partial charge in [0, 0.05) is 11.8 Å². The lowest BCUT2D eigenvalue weighted by Gasteiger charge is -2.20. The van der Waals surface area contributed by atoms with Crippen molar-refractivity contribution in [3.8, 4) is 16.9 Å². The van der Waals surface area contributed by atoms with Crippen LogP contribution in [0.3, 0.4) is 0 Å². The molecule has 3 nitrogen and oxygen atoms in total. The van der Waals surface area contributed by atoms with E-state index in [1.54, 1.807) is 0 Å². The molecule has 0 atom stereocenters. The van der Waals surface area contributed by atoms with Gasteiger partial charge in [-0.05, 0) is 41.7 Å². The van der Waals surface area contributed by atoms with Gasteiger partial charge in [0.1, 0.15) is 5.75 Å². The Kier molecular flexibility index (Phi) is 3.85. The van der Waals surface area contributed by atoms with Gasteiger partial charge in [0.15, 0.2) is 0 Å². The van der Waals surface area contributed by atoms with Gasteiger partial charge in [0.25, 0.3) is 5.56 Å². The van der Waals surface area contributed by atoms with E-state index in [0.717, 1.165) is 46.2 Å². The van der Waals surface area contributed by atoms with Crippen LogP contribution in [0.25, 0.3) is 22.0 Å². The molecule has 0 saturated carbocycles. The Balaban J connectivity index is 1.87. The zero-order valence-corrected chi connectivity index (χ0v) is 13.9. The molecule has 0 unspecified atom stereocenters. The van der Waals surface area contributed by atoms with E-state index >= 15 is 0 Å². The van der Waals surface area contributed by atoms with E-state index in [1.165, 1.54) is 18.4 Å². The molecule has 4 rings (SSSR count). The van der Waals surface area contributed by atoms with Crippen LogP contribution in [0.15, 0.2) is 47.3 Å².